The fraction of sp³-hybridized carbons (Fsp3) is 1.00. The fourth-order valence-corrected chi connectivity index (χ4v) is 2.66. The predicted octanol–water partition coefficient (Wildman–Crippen LogP) is 1.71. The molecule has 1 aliphatic carbocycles. The summed E-state index contributed by atoms with van der Waals surface area (Å²) in [4.78, 5) is 2.58. The summed E-state index contributed by atoms with van der Waals surface area (Å²) >= 11 is 0. The molecule has 0 spiro atoms. The first-order chi connectivity index (χ1) is 6.72. The monoisotopic (exact) mass is 196 g/mol. The van der Waals surface area contributed by atoms with Crippen molar-refractivity contribution in [1.29, 1.82) is 0 Å². The number of likely N-dealkylation sites (N-methyl/N-ethyl adjacent to an activating group) is 1. The summed E-state index contributed by atoms with van der Waals surface area (Å²) in [7, 11) is 2.30. The minimum atomic E-state index is 0.759. The molecule has 2 rings (SSSR count). The number of hydrogen-bond donors (Lipinski definition) is 1. The molecule has 14 heavy (non-hydrogen) atoms. The van der Waals surface area contributed by atoms with Gasteiger partial charge in [0.25, 0.3) is 0 Å². The molecule has 2 nitrogen and oxygen atoms in total. The fourth-order valence-electron chi connectivity index (χ4n) is 2.66. The molecular formula is C12H24N2. The number of nitrogens with zero attached hydrogens (tertiary/aromatic N) is 1. The lowest BCUT2D eigenvalue weighted by molar-refractivity contribution is 0.113. The Morgan fingerprint density at radius 3 is 2.64 bits per heavy atom. The largest absolute Gasteiger partial charge is 0.311 e. The number of hydrogen-bond acceptors (Lipinski definition) is 2. The first-order valence-electron chi connectivity index (χ1n) is 6.16. The summed E-state index contributed by atoms with van der Waals surface area (Å²) in [5, 5.41) is 3.74. The van der Waals surface area contributed by atoms with Gasteiger partial charge in [-0.3, -0.25) is 0 Å². The highest BCUT2D eigenvalue weighted by atomic mass is 15.2. The van der Waals surface area contributed by atoms with Crippen molar-refractivity contribution in [1.82, 2.24) is 10.2 Å². The Kier molecular flexibility index (Phi) is 3.13. The maximum absolute atomic E-state index is 3.74. The highest BCUT2D eigenvalue weighted by molar-refractivity contribution is 4.94. The molecule has 0 aromatic heterocycles. The summed E-state index contributed by atoms with van der Waals surface area (Å²) in [6, 6.07) is 1.55. The van der Waals surface area contributed by atoms with Gasteiger partial charge in [0.15, 0.2) is 0 Å². The van der Waals surface area contributed by atoms with Crippen LogP contribution in [-0.2, 0) is 0 Å². The van der Waals surface area contributed by atoms with E-state index >= 15 is 0 Å². The quantitative estimate of drug-likeness (QED) is 0.739. The molecule has 0 aromatic rings. The second kappa shape index (κ2) is 4.19. The van der Waals surface area contributed by atoms with Crippen LogP contribution in [0.5, 0.6) is 0 Å². The normalized spacial score (nSPS) is 37.1. The molecule has 82 valence electrons. The van der Waals surface area contributed by atoms with Crippen molar-refractivity contribution in [3.8, 4) is 0 Å². The van der Waals surface area contributed by atoms with Crippen LogP contribution in [0.1, 0.15) is 33.1 Å². The van der Waals surface area contributed by atoms with E-state index in [1.807, 2.05) is 0 Å². The third kappa shape index (κ3) is 2.12. The maximum Gasteiger partial charge on any atom is 0.0243 e. The lowest BCUT2D eigenvalue weighted by atomic mass is 9.94. The van der Waals surface area contributed by atoms with Crippen molar-refractivity contribution in [2.75, 3.05) is 20.1 Å². The molecule has 2 fully saturated rings. The Labute approximate surface area is 88.1 Å². The maximum atomic E-state index is 3.74. The van der Waals surface area contributed by atoms with Crippen LogP contribution in [0.15, 0.2) is 0 Å². The smallest absolute Gasteiger partial charge is 0.0243 e. The van der Waals surface area contributed by atoms with Crippen LogP contribution in [0.3, 0.4) is 0 Å². The van der Waals surface area contributed by atoms with E-state index in [-0.39, 0.29) is 0 Å². The molecule has 0 aromatic carbocycles. The van der Waals surface area contributed by atoms with E-state index in [4.69, 9.17) is 0 Å². The van der Waals surface area contributed by atoms with E-state index in [2.05, 4.69) is 31.1 Å². The standard InChI is InChI=1S/C12H24N2/c1-4-9(2)12-7-13-11(8-14(12)3)10-5-6-10/h9-13H,4-8H2,1-3H3. The average molecular weight is 196 g/mol. The van der Waals surface area contributed by atoms with E-state index in [1.54, 1.807) is 0 Å². The number of piperazine rings is 1. The molecule has 2 heteroatoms. The first kappa shape index (κ1) is 10.4. The molecule has 1 heterocycles. The van der Waals surface area contributed by atoms with E-state index in [9.17, 15) is 0 Å². The zero-order chi connectivity index (χ0) is 10.1. The molecular weight excluding hydrogens is 172 g/mol. The molecule has 2 aliphatic rings. The van der Waals surface area contributed by atoms with Gasteiger partial charge in [-0.05, 0) is 31.7 Å². The van der Waals surface area contributed by atoms with Gasteiger partial charge in [0.1, 0.15) is 0 Å². The Bertz CT molecular complexity index is 189. The second-order valence-electron chi connectivity index (χ2n) is 5.24. The van der Waals surface area contributed by atoms with Crippen LogP contribution in [0.4, 0.5) is 0 Å². The number of nitrogens with one attached hydrogen (secondary N) is 1. The van der Waals surface area contributed by atoms with Crippen LogP contribution in [0.25, 0.3) is 0 Å². The van der Waals surface area contributed by atoms with Crippen molar-refractivity contribution in [3.05, 3.63) is 0 Å². The SMILES string of the molecule is CCC(C)C1CNC(C2CC2)CN1C. The lowest BCUT2D eigenvalue weighted by Gasteiger charge is -2.41. The van der Waals surface area contributed by atoms with Crippen molar-refractivity contribution < 1.29 is 0 Å². The second-order valence-corrected chi connectivity index (χ2v) is 5.24. The topological polar surface area (TPSA) is 15.3 Å². The van der Waals surface area contributed by atoms with Crippen LogP contribution in [-0.4, -0.2) is 37.1 Å². The Hall–Kier alpha value is -0.0800. The highest BCUT2D eigenvalue weighted by Gasteiger charge is 2.36. The van der Waals surface area contributed by atoms with Gasteiger partial charge in [0.2, 0.25) is 0 Å². The summed E-state index contributed by atoms with van der Waals surface area (Å²) in [6.45, 7) is 7.14. The first-order valence-corrected chi connectivity index (χ1v) is 6.16. The molecule has 0 radical (unpaired) electrons. The number of rotatable bonds is 3. The van der Waals surface area contributed by atoms with Gasteiger partial charge in [-0.25, -0.2) is 0 Å². The zero-order valence-electron chi connectivity index (χ0n) is 9.79. The Morgan fingerprint density at radius 1 is 1.43 bits per heavy atom. The van der Waals surface area contributed by atoms with Crippen LogP contribution in [0.2, 0.25) is 0 Å². The average Bonchev–Trinajstić information content (AvgIpc) is 3.00. The van der Waals surface area contributed by atoms with Crippen molar-refractivity contribution in [3.63, 3.8) is 0 Å². The predicted molar refractivity (Wildman–Crippen MR) is 60.4 cm³/mol. The molecule has 3 unspecified atom stereocenters. The van der Waals surface area contributed by atoms with Gasteiger partial charge in [-0.15, -0.1) is 0 Å². The summed E-state index contributed by atoms with van der Waals surface area (Å²) in [5.74, 6) is 1.82. The van der Waals surface area contributed by atoms with Crippen molar-refractivity contribution >= 4 is 0 Å². The lowest BCUT2D eigenvalue weighted by Crippen LogP contribution is -2.57. The Morgan fingerprint density at radius 2 is 2.14 bits per heavy atom. The van der Waals surface area contributed by atoms with Crippen molar-refractivity contribution in [2.45, 2.75) is 45.2 Å². The van der Waals surface area contributed by atoms with Gasteiger partial charge in [0.05, 0.1) is 0 Å². The highest BCUT2D eigenvalue weighted by Crippen LogP contribution is 2.34. The third-order valence-corrected chi connectivity index (χ3v) is 4.13. The van der Waals surface area contributed by atoms with E-state index in [1.165, 1.54) is 32.4 Å². The molecule has 1 N–H and O–H groups in total. The van der Waals surface area contributed by atoms with Gasteiger partial charge < -0.3 is 10.2 Å². The molecule has 1 aliphatic heterocycles. The van der Waals surface area contributed by atoms with Crippen LogP contribution < -0.4 is 5.32 Å². The third-order valence-electron chi connectivity index (χ3n) is 4.13. The minimum Gasteiger partial charge on any atom is -0.311 e. The van der Waals surface area contributed by atoms with Crippen LogP contribution >= 0.6 is 0 Å². The molecule has 0 bridgehead atoms. The summed E-state index contributed by atoms with van der Waals surface area (Å²) < 4.78 is 0. The molecule has 1 saturated carbocycles. The van der Waals surface area contributed by atoms with Gasteiger partial charge in [0, 0.05) is 25.2 Å². The molecule has 3 atom stereocenters. The van der Waals surface area contributed by atoms with Crippen molar-refractivity contribution in [2.24, 2.45) is 11.8 Å². The van der Waals surface area contributed by atoms with Gasteiger partial charge in [-0.1, -0.05) is 20.3 Å². The van der Waals surface area contributed by atoms with Gasteiger partial charge >= 0.3 is 0 Å². The molecule has 0 amide bonds. The van der Waals surface area contributed by atoms with E-state index in [0.29, 0.717) is 0 Å². The zero-order valence-corrected chi connectivity index (χ0v) is 9.79. The minimum absolute atomic E-state index is 0.759. The van der Waals surface area contributed by atoms with Gasteiger partial charge in [-0.2, -0.15) is 0 Å². The summed E-state index contributed by atoms with van der Waals surface area (Å²) in [6.07, 6.45) is 4.21. The summed E-state index contributed by atoms with van der Waals surface area (Å²) in [5.41, 5.74) is 0. The van der Waals surface area contributed by atoms with E-state index < -0.39 is 0 Å². The van der Waals surface area contributed by atoms with E-state index in [0.717, 1.165) is 23.9 Å². The Balaban J connectivity index is 1.86. The van der Waals surface area contributed by atoms with Crippen LogP contribution in [0, 0.1) is 11.8 Å². The molecule has 1 saturated heterocycles.